The van der Waals surface area contributed by atoms with Gasteiger partial charge in [-0.1, -0.05) is 84.9 Å². The number of nitrogens with one attached hydrogen (secondary N) is 2. The molecule has 0 heterocycles. The third-order valence-corrected chi connectivity index (χ3v) is 6.42. The molecule has 6 nitrogen and oxygen atoms in total. The van der Waals surface area contributed by atoms with Gasteiger partial charge in [-0.25, -0.2) is 10.9 Å². The Balaban J connectivity index is 1.24. The molecule has 0 aliphatic rings. The Labute approximate surface area is 220 Å². The molecule has 38 heavy (non-hydrogen) atoms. The van der Waals surface area contributed by atoms with Crippen molar-refractivity contribution in [2.75, 3.05) is 0 Å². The van der Waals surface area contributed by atoms with Gasteiger partial charge in [0.25, 0.3) is 11.8 Å². The highest BCUT2D eigenvalue weighted by Crippen LogP contribution is 2.20. The van der Waals surface area contributed by atoms with E-state index in [4.69, 9.17) is 0 Å². The molecule has 0 bridgehead atoms. The molecule has 6 heteroatoms. The second-order valence-corrected chi connectivity index (χ2v) is 8.91. The van der Waals surface area contributed by atoms with E-state index in [0.29, 0.717) is 22.6 Å². The number of nitrogens with zero attached hydrogens (tertiary/aromatic N) is 2. The minimum absolute atomic E-state index is 0.360. The number of fused-ring (bicyclic) bond motifs is 2. The van der Waals surface area contributed by atoms with Crippen molar-refractivity contribution in [2.45, 2.75) is 13.8 Å². The molecule has 0 saturated heterocycles. The fraction of sp³-hybridized carbons (Fsp3) is 0.0625. The van der Waals surface area contributed by atoms with Gasteiger partial charge >= 0.3 is 0 Å². The van der Waals surface area contributed by atoms with Gasteiger partial charge in [0.15, 0.2) is 0 Å². The normalized spacial score (nSPS) is 11.9. The molecule has 0 aromatic heterocycles. The van der Waals surface area contributed by atoms with Gasteiger partial charge in [-0.05, 0) is 59.7 Å². The Kier molecular flexibility index (Phi) is 7.04. The van der Waals surface area contributed by atoms with Crippen LogP contribution < -0.4 is 10.9 Å². The fourth-order valence-electron chi connectivity index (χ4n) is 4.37. The molecule has 0 unspecified atom stereocenters. The van der Waals surface area contributed by atoms with Gasteiger partial charge in [-0.3, -0.25) is 9.59 Å². The van der Waals surface area contributed by atoms with Crippen molar-refractivity contribution in [3.05, 3.63) is 131 Å². The smallest absolute Gasteiger partial charge is 0.267 e. The van der Waals surface area contributed by atoms with Crippen LogP contribution in [0.4, 0.5) is 0 Å². The largest absolute Gasteiger partial charge is 0.271 e. The van der Waals surface area contributed by atoms with Crippen molar-refractivity contribution in [2.24, 2.45) is 10.2 Å². The molecule has 0 aliphatic heterocycles. The van der Waals surface area contributed by atoms with E-state index in [1.807, 2.05) is 98.8 Å². The van der Waals surface area contributed by atoms with E-state index < -0.39 is 0 Å². The number of amides is 2. The van der Waals surface area contributed by atoms with Gasteiger partial charge in [0.1, 0.15) is 0 Å². The third-order valence-electron chi connectivity index (χ3n) is 6.42. The summed E-state index contributed by atoms with van der Waals surface area (Å²) in [6.45, 7) is 3.71. The molecule has 5 rings (SSSR count). The lowest BCUT2D eigenvalue weighted by Gasteiger charge is -2.08. The lowest BCUT2D eigenvalue weighted by molar-refractivity contribution is 0.0943. The summed E-state index contributed by atoms with van der Waals surface area (Å²) in [4.78, 5) is 25.3. The van der Waals surface area contributed by atoms with E-state index in [-0.39, 0.29) is 11.8 Å². The van der Waals surface area contributed by atoms with Gasteiger partial charge in [-0.2, -0.15) is 10.2 Å². The minimum atomic E-state index is -0.360. The first kappa shape index (κ1) is 24.6. The molecule has 0 atom stereocenters. The molecule has 5 aromatic rings. The van der Waals surface area contributed by atoms with Crippen LogP contribution in [-0.4, -0.2) is 23.2 Å². The zero-order chi connectivity index (χ0) is 26.5. The van der Waals surface area contributed by atoms with Gasteiger partial charge < -0.3 is 0 Å². The highest BCUT2D eigenvalue weighted by Gasteiger charge is 2.10. The standard InChI is InChI=1S/C32H26N4O2/c1-21(27-15-7-11-23-9-3-5-13-29(23)27)33-35-31(37)25-17-19-26(20-18-25)32(38)36-34-22(2)28-16-8-12-24-10-4-6-14-30(24)28/h3-20H,1-2H3,(H,35,37)(H,36,38)/b33-21+,34-22+. The highest BCUT2D eigenvalue weighted by atomic mass is 16.2. The Morgan fingerprint density at radius 3 is 1.29 bits per heavy atom. The number of carbonyl (C=O) groups is 2. The molecule has 0 aliphatic carbocycles. The Hall–Kier alpha value is -5.10. The van der Waals surface area contributed by atoms with Crippen LogP contribution >= 0.6 is 0 Å². The number of hydrogen-bond acceptors (Lipinski definition) is 4. The lowest BCUT2D eigenvalue weighted by atomic mass is 10.0. The summed E-state index contributed by atoms with van der Waals surface area (Å²) in [5, 5.41) is 12.9. The number of hydrogen-bond donors (Lipinski definition) is 2. The van der Waals surface area contributed by atoms with Crippen LogP contribution in [0.2, 0.25) is 0 Å². The summed E-state index contributed by atoms with van der Waals surface area (Å²) in [6, 6.07) is 34.4. The molecular formula is C32H26N4O2. The summed E-state index contributed by atoms with van der Waals surface area (Å²) < 4.78 is 0. The van der Waals surface area contributed by atoms with E-state index >= 15 is 0 Å². The fourth-order valence-corrected chi connectivity index (χ4v) is 4.37. The van der Waals surface area contributed by atoms with E-state index in [2.05, 4.69) is 21.1 Å². The molecule has 186 valence electrons. The number of benzene rings is 5. The minimum Gasteiger partial charge on any atom is -0.267 e. The number of rotatable bonds is 6. The summed E-state index contributed by atoms with van der Waals surface area (Å²) >= 11 is 0. The first-order valence-electron chi connectivity index (χ1n) is 12.3. The monoisotopic (exact) mass is 498 g/mol. The van der Waals surface area contributed by atoms with Crippen LogP contribution in [0, 0.1) is 0 Å². The molecule has 2 N–H and O–H groups in total. The second kappa shape index (κ2) is 10.9. The highest BCUT2D eigenvalue weighted by molar-refractivity contribution is 6.11. The first-order valence-corrected chi connectivity index (χ1v) is 12.3. The van der Waals surface area contributed by atoms with E-state index in [1.54, 1.807) is 24.3 Å². The molecule has 2 amide bonds. The van der Waals surface area contributed by atoms with Crippen molar-refractivity contribution in [3.63, 3.8) is 0 Å². The molecule has 5 aromatic carbocycles. The predicted molar refractivity (Wildman–Crippen MR) is 154 cm³/mol. The summed E-state index contributed by atoms with van der Waals surface area (Å²) in [5.41, 5.74) is 9.32. The predicted octanol–water partition coefficient (Wildman–Crippen LogP) is 6.30. The zero-order valence-electron chi connectivity index (χ0n) is 21.1. The molecule has 0 saturated carbocycles. The average molecular weight is 499 g/mol. The van der Waals surface area contributed by atoms with Crippen LogP contribution in [0.25, 0.3) is 21.5 Å². The van der Waals surface area contributed by atoms with Crippen molar-refractivity contribution in [3.8, 4) is 0 Å². The van der Waals surface area contributed by atoms with E-state index in [1.165, 1.54) is 0 Å². The molecule has 0 spiro atoms. The van der Waals surface area contributed by atoms with Gasteiger partial charge in [0.2, 0.25) is 0 Å². The van der Waals surface area contributed by atoms with Gasteiger partial charge in [-0.15, -0.1) is 0 Å². The van der Waals surface area contributed by atoms with Crippen molar-refractivity contribution in [1.29, 1.82) is 0 Å². The Bertz CT molecular complexity index is 1580. The number of hydrazone groups is 2. The van der Waals surface area contributed by atoms with E-state index in [9.17, 15) is 9.59 Å². The Morgan fingerprint density at radius 1 is 0.500 bits per heavy atom. The van der Waals surface area contributed by atoms with Crippen LogP contribution in [0.15, 0.2) is 119 Å². The number of carbonyl (C=O) groups excluding carboxylic acids is 2. The van der Waals surface area contributed by atoms with Crippen LogP contribution in [0.3, 0.4) is 0 Å². The first-order chi connectivity index (χ1) is 18.5. The lowest BCUT2D eigenvalue weighted by Crippen LogP contribution is -2.21. The maximum absolute atomic E-state index is 12.7. The SMILES string of the molecule is C/C(=N\NC(=O)c1ccc(C(=O)N/N=C(\C)c2cccc3ccccc23)cc1)c1cccc2ccccc12. The van der Waals surface area contributed by atoms with Gasteiger partial charge in [0.05, 0.1) is 11.4 Å². The van der Waals surface area contributed by atoms with Crippen molar-refractivity contribution >= 4 is 44.8 Å². The van der Waals surface area contributed by atoms with Crippen molar-refractivity contribution < 1.29 is 9.59 Å². The topological polar surface area (TPSA) is 82.9 Å². The second-order valence-electron chi connectivity index (χ2n) is 8.91. The molecule has 0 radical (unpaired) electrons. The summed E-state index contributed by atoms with van der Waals surface area (Å²) in [5.74, 6) is -0.720. The molecule has 0 fully saturated rings. The van der Waals surface area contributed by atoms with Crippen LogP contribution in [0.1, 0.15) is 45.7 Å². The zero-order valence-corrected chi connectivity index (χ0v) is 21.1. The summed E-state index contributed by atoms with van der Waals surface area (Å²) in [6.07, 6.45) is 0. The van der Waals surface area contributed by atoms with Gasteiger partial charge in [0, 0.05) is 22.3 Å². The maximum atomic E-state index is 12.7. The maximum Gasteiger partial charge on any atom is 0.271 e. The quantitative estimate of drug-likeness (QED) is 0.213. The van der Waals surface area contributed by atoms with Crippen molar-refractivity contribution in [1.82, 2.24) is 10.9 Å². The third kappa shape index (κ3) is 5.20. The summed E-state index contributed by atoms with van der Waals surface area (Å²) in [7, 11) is 0. The van der Waals surface area contributed by atoms with Crippen LogP contribution in [0.5, 0.6) is 0 Å². The van der Waals surface area contributed by atoms with E-state index in [0.717, 1.165) is 32.7 Å². The molecular weight excluding hydrogens is 472 g/mol. The average Bonchev–Trinajstić information content (AvgIpc) is 2.97. The Morgan fingerprint density at radius 2 is 0.868 bits per heavy atom. The van der Waals surface area contributed by atoms with Crippen LogP contribution in [-0.2, 0) is 0 Å².